The fourth-order valence-corrected chi connectivity index (χ4v) is 3.48. The molecule has 114 valence electrons. The molecule has 8 heteroatoms. The Hall–Kier alpha value is -1.96. The minimum atomic E-state index is -3.64. The van der Waals surface area contributed by atoms with Crippen LogP contribution >= 0.6 is 11.6 Å². The number of nitrogens with one attached hydrogen (secondary N) is 1. The van der Waals surface area contributed by atoms with Crippen molar-refractivity contribution in [1.82, 2.24) is 19.5 Å². The van der Waals surface area contributed by atoms with Gasteiger partial charge in [0.15, 0.2) is 0 Å². The fourth-order valence-electron chi connectivity index (χ4n) is 2.13. The van der Waals surface area contributed by atoms with Crippen LogP contribution in [0.4, 0.5) is 0 Å². The van der Waals surface area contributed by atoms with Gasteiger partial charge in [-0.2, -0.15) is 5.10 Å². The number of rotatable bonds is 5. The van der Waals surface area contributed by atoms with E-state index in [9.17, 15) is 8.42 Å². The number of aromatic nitrogens is 3. The quantitative estimate of drug-likeness (QED) is 0.773. The third-order valence-electron chi connectivity index (χ3n) is 3.12. The van der Waals surface area contributed by atoms with E-state index in [1.54, 1.807) is 35.3 Å². The van der Waals surface area contributed by atoms with Gasteiger partial charge in [0.25, 0.3) is 0 Å². The lowest BCUT2D eigenvalue weighted by atomic mass is 10.2. The molecule has 0 unspecified atom stereocenters. The van der Waals surface area contributed by atoms with Crippen LogP contribution in [0.25, 0.3) is 10.9 Å². The third-order valence-corrected chi connectivity index (χ3v) is 4.81. The number of hydrogen-bond acceptors (Lipinski definition) is 4. The normalized spacial score (nSPS) is 11.9. The number of pyridine rings is 1. The first-order valence-corrected chi connectivity index (χ1v) is 8.44. The zero-order chi connectivity index (χ0) is 15.6. The Morgan fingerprint density at radius 3 is 2.82 bits per heavy atom. The lowest BCUT2D eigenvalue weighted by Gasteiger charge is -2.09. The first kappa shape index (κ1) is 15.0. The molecule has 0 spiro atoms. The average Bonchev–Trinajstić information content (AvgIpc) is 2.92. The summed E-state index contributed by atoms with van der Waals surface area (Å²) in [6.07, 6.45) is 4.72. The van der Waals surface area contributed by atoms with Crippen molar-refractivity contribution in [1.29, 1.82) is 0 Å². The van der Waals surface area contributed by atoms with Crippen LogP contribution in [-0.4, -0.2) is 29.7 Å². The molecule has 0 aliphatic heterocycles. The molecule has 3 rings (SSSR count). The summed E-state index contributed by atoms with van der Waals surface area (Å²) in [5.41, 5.74) is 0.458. The Morgan fingerprint density at radius 2 is 2.05 bits per heavy atom. The molecule has 0 aliphatic rings. The van der Waals surface area contributed by atoms with Crippen LogP contribution in [-0.2, 0) is 16.6 Å². The van der Waals surface area contributed by atoms with Crippen LogP contribution in [0.3, 0.4) is 0 Å². The molecule has 0 atom stereocenters. The molecule has 0 saturated heterocycles. The lowest BCUT2D eigenvalue weighted by molar-refractivity contribution is 0.561. The van der Waals surface area contributed by atoms with Gasteiger partial charge in [-0.15, -0.1) is 0 Å². The highest BCUT2D eigenvalue weighted by molar-refractivity contribution is 7.89. The van der Waals surface area contributed by atoms with E-state index in [1.807, 2.05) is 12.1 Å². The topological polar surface area (TPSA) is 76.9 Å². The number of nitrogens with zero attached hydrogens (tertiary/aromatic N) is 3. The van der Waals surface area contributed by atoms with Crippen LogP contribution in [0, 0.1) is 0 Å². The lowest BCUT2D eigenvalue weighted by Crippen LogP contribution is -2.27. The Labute approximate surface area is 132 Å². The minimum Gasteiger partial charge on any atom is -0.270 e. The van der Waals surface area contributed by atoms with Gasteiger partial charge >= 0.3 is 0 Å². The van der Waals surface area contributed by atoms with Gasteiger partial charge in [0, 0.05) is 24.3 Å². The zero-order valence-electron chi connectivity index (χ0n) is 11.5. The largest absolute Gasteiger partial charge is 0.270 e. The average molecular weight is 337 g/mol. The molecular formula is C14H13ClN4O2S. The van der Waals surface area contributed by atoms with E-state index >= 15 is 0 Å². The van der Waals surface area contributed by atoms with Crippen molar-refractivity contribution in [3.63, 3.8) is 0 Å². The second-order valence-electron chi connectivity index (χ2n) is 4.65. The number of para-hydroxylation sites is 1. The molecule has 3 aromatic rings. The van der Waals surface area contributed by atoms with Crippen molar-refractivity contribution < 1.29 is 8.42 Å². The Kier molecular flexibility index (Phi) is 4.10. The van der Waals surface area contributed by atoms with Crippen molar-refractivity contribution in [2.45, 2.75) is 11.4 Å². The van der Waals surface area contributed by atoms with E-state index in [4.69, 9.17) is 11.6 Å². The highest BCUT2D eigenvalue weighted by Crippen LogP contribution is 2.20. The third kappa shape index (κ3) is 3.11. The van der Waals surface area contributed by atoms with Crippen LogP contribution in [0.15, 0.2) is 53.8 Å². The van der Waals surface area contributed by atoms with Gasteiger partial charge in [-0.3, -0.25) is 9.67 Å². The molecule has 0 radical (unpaired) electrons. The molecule has 0 aliphatic carbocycles. The molecule has 0 saturated carbocycles. The van der Waals surface area contributed by atoms with Gasteiger partial charge in [-0.1, -0.05) is 29.8 Å². The maximum absolute atomic E-state index is 12.4. The maximum Gasteiger partial charge on any atom is 0.242 e. The van der Waals surface area contributed by atoms with Crippen LogP contribution in [0.1, 0.15) is 0 Å². The summed E-state index contributed by atoms with van der Waals surface area (Å²) < 4.78 is 29.0. The summed E-state index contributed by atoms with van der Waals surface area (Å²) in [6, 6.07) is 8.67. The molecule has 2 heterocycles. The number of hydrogen-bond donors (Lipinski definition) is 1. The van der Waals surface area contributed by atoms with E-state index in [0.717, 1.165) is 5.39 Å². The monoisotopic (exact) mass is 336 g/mol. The molecule has 22 heavy (non-hydrogen) atoms. The molecule has 0 fully saturated rings. The van der Waals surface area contributed by atoms with Gasteiger partial charge in [-0.05, 0) is 12.1 Å². The Bertz CT molecular complexity index is 903. The number of sulfonamides is 1. The van der Waals surface area contributed by atoms with Gasteiger partial charge in [0.1, 0.15) is 4.90 Å². The highest BCUT2D eigenvalue weighted by atomic mass is 35.5. The maximum atomic E-state index is 12.4. The summed E-state index contributed by atoms with van der Waals surface area (Å²) in [6.45, 7) is 0.605. The van der Waals surface area contributed by atoms with Gasteiger partial charge in [0.2, 0.25) is 10.0 Å². The van der Waals surface area contributed by atoms with Gasteiger partial charge in [0.05, 0.1) is 23.3 Å². The summed E-state index contributed by atoms with van der Waals surface area (Å²) in [5, 5.41) is 5.29. The van der Waals surface area contributed by atoms with E-state index in [0.29, 0.717) is 17.1 Å². The van der Waals surface area contributed by atoms with E-state index < -0.39 is 10.0 Å². The van der Waals surface area contributed by atoms with Crippen LogP contribution < -0.4 is 4.72 Å². The minimum absolute atomic E-state index is 0.170. The fraction of sp³-hybridized carbons (Fsp3) is 0.143. The molecular weight excluding hydrogens is 324 g/mol. The first-order valence-electron chi connectivity index (χ1n) is 6.58. The number of benzene rings is 1. The van der Waals surface area contributed by atoms with E-state index in [-0.39, 0.29) is 11.4 Å². The van der Waals surface area contributed by atoms with Crippen LogP contribution in [0.2, 0.25) is 5.02 Å². The zero-order valence-corrected chi connectivity index (χ0v) is 13.0. The predicted molar refractivity (Wildman–Crippen MR) is 84.2 cm³/mol. The van der Waals surface area contributed by atoms with Crippen molar-refractivity contribution in [2.75, 3.05) is 6.54 Å². The van der Waals surface area contributed by atoms with Crippen molar-refractivity contribution in [2.24, 2.45) is 0 Å². The van der Waals surface area contributed by atoms with Gasteiger partial charge in [-0.25, -0.2) is 13.1 Å². The molecule has 1 N–H and O–H groups in total. The van der Waals surface area contributed by atoms with Crippen molar-refractivity contribution in [3.8, 4) is 0 Å². The summed E-state index contributed by atoms with van der Waals surface area (Å²) in [5.74, 6) is 0. The second-order valence-corrected chi connectivity index (χ2v) is 6.82. The van der Waals surface area contributed by atoms with Crippen LogP contribution in [0.5, 0.6) is 0 Å². The standard InChI is InChI=1S/C14H13ClN4O2S/c15-12-9-17-19(10-12)8-7-18-22(20,21)13-5-1-3-11-4-2-6-16-14(11)13/h1-6,9-10,18H,7-8H2. The Morgan fingerprint density at radius 1 is 1.23 bits per heavy atom. The second kappa shape index (κ2) is 6.04. The van der Waals surface area contributed by atoms with E-state index in [2.05, 4.69) is 14.8 Å². The van der Waals surface area contributed by atoms with Crippen molar-refractivity contribution >= 4 is 32.5 Å². The molecule has 0 bridgehead atoms. The van der Waals surface area contributed by atoms with Gasteiger partial charge < -0.3 is 0 Å². The molecule has 1 aromatic carbocycles. The molecule has 0 amide bonds. The van der Waals surface area contributed by atoms with E-state index in [1.165, 1.54) is 6.20 Å². The summed E-state index contributed by atoms with van der Waals surface area (Å²) >= 11 is 5.76. The SMILES string of the molecule is O=S(=O)(NCCn1cc(Cl)cn1)c1cccc2cccnc12. The summed E-state index contributed by atoms with van der Waals surface area (Å²) in [7, 11) is -3.64. The first-order chi connectivity index (χ1) is 10.6. The smallest absolute Gasteiger partial charge is 0.242 e. The van der Waals surface area contributed by atoms with Crippen molar-refractivity contribution in [3.05, 3.63) is 53.9 Å². The predicted octanol–water partition coefficient (Wildman–Crippen LogP) is 2.06. The molecule has 2 aromatic heterocycles. The highest BCUT2D eigenvalue weighted by Gasteiger charge is 2.17. The number of halogens is 1. The molecule has 6 nitrogen and oxygen atoms in total. The summed E-state index contributed by atoms with van der Waals surface area (Å²) in [4.78, 5) is 4.33. The Balaban J connectivity index is 1.80. The number of fused-ring (bicyclic) bond motifs is 1.